The molecular weight excluding hydrogens is 272 g/mol. The first-order valence-corrected chi connectivity index (χ1v) is 7.41. The number of hydrogen-bond acceptors (Lipinski definition) is 2. The third-order valence-electron chi connectivity index (χ3n) is 4.20. The van der Waals surface area contributed by atoms with Crippen molar-refractivity contribution < 1.29 is 9.15 Å². The van der Waals surface area contributed by atoms with Gasteiger partial charge in [-0.2, -0.15) is 0 Å². The molecule has 0 aliphatic rings. The van der Waals surface area contributed by atoms with Crippen LogP contribution in [0.15, 0.2) is 71.3 Å². The zero-order valence-corrected chi connectivity index (χ0v) is 13.2. The quantitative estimate of drug-likeness (QED) is 0.652. The summed E-state index contributed by atoms with van der Waals surface area (Å²) in [4.78, 5) is 0. The monoisotopic (exact) mass is 292 g/mol. The molecule has 0 spiro atoms. The highest BCUT2D eigenvalue weighted by molar-refractivity contribution is 5.67. The van der Waals surface area contributed by atoms with Crippen LogP contribution in [0.5, 0.6) is 5.75 Å². The summed E-state index contributed by atoms with van der Waals surface area (Å²) in [6, 6.07) is 20.7. The van der Waals surface area contributed by atoms with Gasteiger partial charge in [-0.15, -0.1) is 0 Å². The van der Waals surface area contributed by atoms with Gasteiger partial charge in [-0.3, -0.25) is 0 Å². The first-order chi connectivity index (χ1) is 10.6. The van der Waals surface area contributed by atoms with Crippen molar-refractivity contribution in [3.63, 3.8) is 0 Å². The SMILES string of the molecule is COc1ccc(C(C)(C)c2ccccc2)cc1-c1ccco1. The highest BCUT2D eigenvalue weighted by atomic mass is 16.5. The van der Waals surface area contributed by atoms with Crippen molar-refractivity contribution >= 4 is 0 Å². The molecule has 0 N–H and O–H groups in total. The van der Waals surface area contributed by atoms with Crippen LogP contribution in [0.1, 0.15) is 25.0 Å². The highest BCUT2D eigenvalue weighted by Crippen LogP contribution is 2.37. The number of methoxy groups -OCH3 is 1. The zero-order valence-electron chi connectivity index (χ0n) is 13.2. The van der Waals surface area contributed by atoms with Crippen LogP contribution in [0.4, 0.5) is 0 Å². The molecule has 0 atom stereocenters. The molecule has 0 unspecified atom stereocenters. The van der Waals surface area contributed by atoms with Crippen LogP contribution < -0.4 is 4.74 Å². The molecule has 0 bridgehead atoms. The molecule has 2 aromatic carbocycles. The lowest BCUT2D eigenvalue weighted by Crippen LogP contribution is -2.18. The summed E-state index contributed by atoms with van der Waals surface area (Å²) in [6.45, 7) is 4.46. The van der Waals surface area contributed by atoms with Gasteiger partial charge in [0.05, 0.1) is 18.9 Å². The van der Waals surface area contributed by atoms with Crippen molar-refractivity contribution in [3.8, 4) is 17.1 Å². The van der Waals surface area contributed by atoms with Gasteiger partial charge >= 0.3 is 0 Å². The molecule has 3 aromatic rings. The van der Waals surface area contributed by atoms with Crippen LogP contribution in [0, 0.1) is 0 Å². The second-order valence-corrected chi connectivity index (χ2v) is 5.88. The molecule has 0 saturated heterocycles. The van der Waals surface area contributed by atoms with Crippen LogP contribution in [0.2, 0.25) is 0 Å². The van der Waals surface area contributed by atoms with Crippen LogP contribution in [0.25, 0.3) is 11.3 Å². The third-order valence-corrected chi connectivity index (χ3v) is 4.20. The Kier molecular flexibility index (Phi) is 3.76. The maximum atomic E-state index is 5.56. The molecule has 1 aromatic heterocycles. The lowest BCUT2D eigenvalue weighted by atomic mass is 9.77. The van der Waals surface area contributed by atoms with Crippen LogP contribution in [-0.2, 0) is 5.41 Å². The molecule has 0 aliphatic heterocycles. The minimum absolute atomic E-state index is 0.0884. The van der Waals surface area contributed by atoms with Crippen LogP contribution >= 0.6 is 0 Å². The fraction of sp³-hybridized carbons (Fsp3) is 0.200. The smallest absolute Gasteiger partial charge is 0.137 e. The number of rotatable bonds is 4. The molecule has 0 saturated carbocycles. The van der Waals surface area contributed by atoms with Gasteiger partial charge in [0, 0.05) is 5.41 Å². The largest absolute Gasteiger partial charge is 0.496 e. The van der Waals surface area contributed by atoms with Gasteiger partial charge in [0.1, 0.15) is 11.5 Å². The predicted octanol–water partition coefficient (Wildman–Crippen LogP) is 5.28. The van der Waals surface area contributed by atoms with E-state index in [1.165, 1.54) is 11.1 Å². The minimum atomic E-state index is -0.0884. The number of ether oxygens (including phenoxy) is 1. The molecule has 2 nitrogen and oxygen atoms in total. The van der Waals surface area contributed by atoms with E-state index in [-0.39, 0.29) is 5.41 Å². The van der Waals surface area contributed by atoms with Gasteiger partial charge in [0.15, 0.2) is 0 Å². The lowest BCUT2D eigenvalue weighted by molar-refractivity contribution is 0.414. The Morgan fingerprint density at radius 1 is 0.864 bits per heavy atom. The molecule has 2 heteroatoms. The normalized spacial score (nSPS) is 11.4. The van der Waals surface area contributed by atoms with Crippen molar-refractivity contribution in [3.05, 3.63) is 78.1 Å². The van der Waals surface area contributed by atoms with E-state index >= 15 is 0 Å². The van der Waals surface area contributed by atoms with Crippen molar-refractivity contribution in [1.82, 2.24) is 0 Å². The summed E-state index contributed by atoms with van der Waals surface area (Å²) in [5.41, 5.74) is 3.40. The van der Waals surface area contributed by atoms with Crippen molar-refractivity contribution in [2.75, 3.05) is 7.11 Å². The number of furan rings is 1. The summed E-state index contributed by atoms with van der Waals surface area (Å²) >= 11 is 0. The standard InChI is InChI=1S/C20H20O2/c1-20(2,15-8-5-4-6-9-15)16-11-12-18(21-3)17(14-16)19-10-7-13-22-19/h4-14H,1-3H3. The third kappa shape index (κ3) is 2.52. The second-order valence-electron chi connectivity index (χ2n) is 5.88. The van der Waals surface area contributed by atoms with Gasteiger partial charge in [0.25, 0.3) is 0 Å². The summed E-state index contributed by atoms with van der Waals surface area (Å²) < 4.78 is 11.0. The lowest BCUT2D eigenvalue weighted by Gasteiger charge is -2.27. The molecule has 3 rings (SSSR count). The molecule has 112 valence electrons. The maximum absolute atomic E-state index is 5.56. The van der Waals surface area contributed by atoms with E-state index in [9.17, 15) is 0 Å². The first kappa shape index (κ1) is 14.5. The van der Waals surface area contributed by atoms with Gasteiger partial charge < -0.3 is 9.15 Å². The Bertz CT molecular complexity index is 741. The van der Waals surface area contributed by atoms with Crippen LogP contribution in [-0.4, -0.2) is 7.11 Å². The summed E-state index contributed by atoms with van der Waals surface area (Å²) in [7, 11) is 1.68. The zero-order chi connectivity index (χ0) is 15.6. The predicted molar refractivity (Wildman–Crippen MR) is 89.3 cm³/mol. The van der Waals surface area contributed by atoms with Crippen molar-refractivity contribution in [2.24, 2.45) is 0 Å². The Morgan fingerprint density at radius 2 is 1.64 bits per heavy atom. The average molecular weight is 292 g/mol. The molecule has 0 amide bonds. The van der Waals surface area contributed by atoms with Crippen LogP contribution in [0.3, 0.4) is 0 Å². The average Bonchev–Trinajstić information content (AvgIpc) is 3.09. The summed E-state index contributed by atoms with van der Waals surface area (Å²) in [5, 5.41) is 0. The van der Waals surface area contributed by atoms with E-state index in [4.69, 9.17) is 9.15 Å². The van der Waals surface area contributed by atoms with E-state index in [2.05, 4.69) is 50.2 Å². The van der Waals surface area contributed by atoms with Gasteiger partial charge in [-0.1, -0.05) is 50.2 Å². The first-order valence-electron chi connectivity index (χ1n) is 7.41. The minimum Gasteiger partial charge on any atom is -0.496 e. The molecule has 0 aliphatic carbocycles. The van der Waals surface area contributed by atoms with Gasteiger partial charge in [-0.25, -0.2) is 0 Å². The molecule has 22 heavy (non-hydrogen) atoms. The van der Waals surface area contributed by atoms with E-state index < -0.39 is 0 Å². The van der Waals surface area contributed by atoms with Gasteiger partial charge in [0.2, 0.25) is 0 Å². The topological polar surface area (TPSA) is 22.4 Å². The van der Waals surface area contributed by atoms with Crippen molar-refractivity contribution in [1.29, 1.82) is 0 Å². The highest BCUT2D eigenvalue weighted by Gasteiger charge is 2.24. The number of hydrogen-bond donors (Lipinski definition) is 0. The summed E-state index contributed by atoms with van der Waals surface area (Å²) in [6.07, 6.45) is 1.68. The fourth-order valence-electron chi connectivity index (χ4n) is 2.74. The Labute approximate surface area is 131 Å². The second kappa shape index (κ2) is 5.72. The van der Waals surface area contributed by atoms with E-state index in [0.717, 1.165) is 17.1 Å². The molecule has 0 radical (unpaired) electrons. The fourth-order valence-corrected chi connectivity index (χ4v) is 2.74. The molecule has 0 fully saturated rings. The molecule has 1 heterocycles. The van der Waals surface area contributed by atoms with E-state index in [1.54, 1.807) is 13.4 Å². The molecular formula is C20H20O2. The number of benzene rings is 2. The Morgan fingerprint density at radius 3 is 2.27 bits per heavy atom. The Balaban J connectivity index is 2.11. The van der Waals surface area contributed by atoms with Gasteiger partial charge in [-0.05, 0) is 35.4 Å². The summed E-state index contributed by atoms with van der Waals surface area (Å²) in [5.74, 6) is 1.64. The van der Waals surface area contributed by atoms with Crippen molar-refractivity contribution in [2.45, 2.75) is 19.3 Å². The van der Waals surface area contributed by atoms with E-state index in [1.807, 2.05) is 24.3 Å². The Hall–Kier alpha value is -2.48. The van der Waals surface area contributed by atoms with E-state index in [0.29, 0.717) is 0 Å². The maximum Gasteiger partial charge on any atom is 0.137 e.